The highest BCUT2D eigenvalue weighted by atomic mass is 32.2. The van der Waals surface area contributed by atoms with E-state index in [-0.39, 0.29) is 0 Å². The zero-order chi connectivity index (χ0) is 14.9. The molecule has 1 unspecified atom stereocenters. The molecule has 2 saturated heterocycles. The summed E-state index contributed by atoms with van der Waals surface area (Å²) in [5.74, 6) is 0. The lowest BCUT2D eigenvalue weighted by molar-refractivity contribution is 0.158. The highest BCUT2D eigenvalue weighted by molar-refractivity contribution is 7.89. The van der Waals surface area contributed by atoms with Crippen molar-refractivity contribution < 1.29 is 8.42 Å². The van der Waals surface area contributed by atoms with Crippen LogP contribution in [0, 0.1) is 0 Å². The number of hydrogen-bond donors (Lipinski definition) is 1. The SMILES string of the molecule is NCCc1ccc(S(=O)(=O)N2CCN3CCCC3C2)cc1. The number of sulfonamides is 1. The number of nitrogens with two attached hydrogens (primary N) is 1. The first-order chi connectivity index (χ1) is 10.1. The summed E-state index contributed by atoms with van der Waals surface area (Å²) >= 11 is 0. The normalized spacial score (nSPS) is 24.1. The largest absolute Gasteiger partial charge is 0.330 e. The fraction of sp³-hybridized carbons (Fsp3) is 0.600. The lowest BCUT2D eigenvalue weighted by Gasteiger charge is -2.36. The van der Waals surface area contributed by atoms with Crippen LogP contribution < -0.4 is 5.73 Å². The van der Waals surface area contributed by atoms with Crippen molar-refractivity contribution in [2.45, 2.75) is 30.2 Å². The van der Waals surface area contributed by atoms with Gasteiger partial charge in [0.1, 0.15) is 0 Å². The van der Waals surface area contributed by atoms with Crippen LogP contribution in [0.4, 0.5) is 0 Å². The molecule has 1 atom stereocenters. The van der Waals surface area contributed by atoms with Crippen LogP contribution in [0.15, 0.2) is 29.2 Å². The van der Waals surface area contributed by atoms with Crippen LogP contribution in [-0.4, -0.2) is 56.4 Å². The second-order valence-corrected chi connectivity index (χ2v) is 7.82. The zero-order valence-corrected chi connectivity index (χ0v) is 13.1. The maximum Gasteiger partial charge on any atom is 0.243 e. The van der Waals surface area contributed by atoms with E-state index in [0.29, 0.717) is 30.6 Å². The van der Waals surface area contributed by atoms with Gasteiger partial charge in [0.15, 0.2) is 0 Å². The molecule has 0 amide bonds. The average Bonchev–Trinajstić information content (AvgIpc) is 2.95. The molecule has 2 fully saturated rings. The number of benzene rings is 1. The molecular weight excluding hydrogens is 286 g/mol. The third kappa shape index (κ3) is 2.99. The molecule has 5 nitrogen and oxygen atoms in total. The third-order valence-electron chi connectivity index (χ3n) is 4.54. The van der Waals surface area contributed by atoms with Crippen LogP contribution in [0.25, 0.3) is 0 Å². The van der Waals surface area contributed by atoms with Crippen molar-refractivity contribution in [3.8, 4) is 0 Å². The lowest BCUT2D eigenvalue weighted by Crippen LogP contribution is -2.51. The van der Waals surface area contributed by atoms with Gasteiger partial charge in [-0.3, -0.25) is 4.90 Å². The quantitative estimate of drug-likeness (QED) is 0.887. The fourth-order valence-corrected chi connectivity index (χ4v) is 4.79. The minimum absolute atomic E-state index is 0.398. The Hall–Kier alpha value is -0.950. The van der Waals surface area contributed by atoms with Crippen molar-refractivity contribution in [1.82, 2.24) is 9.21 Å². The Kier molecular flexibility index (Phi) is 4.31. The zero-order valence-electron chi connectivity index (χ0n) is 12.2. The first-order valence-electron chi connectivity index (χ1n) is 7.64. The van der Waals surface area contributed by atoms with E-state index >= 15 is 0 Å². The number of piperazine rings is 1. The Morgan fingerprint density at radius 1 is 1.14 bits per heavy atom. The molecule has 1 aromatic carbocycles. The van der Waals surface area contributed by atoms with Gasteiger partial charge in [-0.1, -0.05) is 12.1 Å². The third-order valence-corrected chi connectivity index (χ3v) is 6.42. The van der Waals surface area contributed by atoms with Crippen LogP contribution in [0.3, 0.4) is 0 Å². The molecule has 6 heteroatoms. The van der Waals surface area contributed by atoms with Gasteiger partial charge in [-0.25, -0.2) is 8.42 Å². The minimum atomic E-state index is -3.36. The maximum atomic E-state index is 12.7. The van der Waals surface area contributed by atoms with Crippen molar-refractivity contribution in [3.63, 3.8) is 0 Å². The topological polar surface area (TPSA) is 66.6 Å². The van der Waals surface area contributed by atoms with E-state index in [2.05, 4.69) is 4.90 Å². The van der Waals surface area contributed by atoms with Crippen LogP contribution in [0.2, 0.25) is 0 Å². The van der Waals surface area contributed by atoms with E-state index in [1.54, 1.807) is 16.4 Å². The first-order valence-corrected chi connectivity index (χ1v) is 9.08. The van der Waals surface area contributed by atoms with Gasteiger partial charge in [-0.2, -0.15) is 4.31 Å². The number of fused-ring (bicyclic) bond motifs is 1. The Morgan fingerprint density at radius 3 is 2.62 bits per heavy atom. The summed E-state index contributed by atoms with van der Waals surface area (Å²) in [6, 6.07) is 7.56. The van der Waals surface area contributed by atoms with Crippen molar-refractivity contribution in [3.05, 3.63) is 29.8 Å². The molecule has 0 bridgehead atoms. The summed E-state index contributed by atoms with van der Waals surface area (Å²) in [5.41, 5.74) is 6.60. The molecule has 0 saturated carbocycles. The smallest absolute Gasteiger partial charge is 0.243 e. The molecule has 3 rings (SSSR count). The highest BCUT2D eigenvalue weighted by Crippen LogP contribution is 2.25. The van der Waals surface area contributed by atoms with Crippen molar-refractivity contribution in [2.75, 3.05) is 32.7 Å². The minimum Gasteiger partial charge on any atom is -0.330 e. The summed E-state index contributed by atoms with van der Waals surface area (Å²) in [4.78, 5) is 2.81. The van der Waals surface area contributed by atoms with Gasteiger partial charge in [-0.15, -0.1) is 0 Å². The molecule has 2 heterocycles. The van der Waals surface area contributed by atoms with E-state index in [1.165, 1.54) is 6.42 Å². The Bertz CT molecular complexity index is 585. The van der Waals surface area contributed by atoms with Crippen LogP contribution in [0.1, 0.15) is 18.4 Å². The second kappa shape index (κ2) is 6.04. The van der Waals surface area contributed by atoms with Crippen molar-refractivity contribution in [1.29, 1.82) is 0 Å². The molecule has 1 aromatic rings. The van der Waals surface area contributed by atoms with Gasteiger partial charge < -0.3 is 5.73 Å². The molecule has 0 spiro atoms. The standard InChI is InChI=1S/C15H23N3O2S/c16-8-7-13-3-5-15(6-4-13)21(19,20)18-11-10-17-9-1-2-14(17)12-18/h3-6,14H,1-2,7-12,16H2. The van der Waals surface area contributed by atoms with Crippen LogP contribution >= 0.6 is 0 Å². The van der Waals surface area contributed by atoms with Crippen molar-refractivity contribution >= 4 is 10.0 Å². The van der Waals surface area contributed by atoms with Crippen molar-refractivity contribution in [2.24, 2.45) is 5.73 Å². The van der Waals surface area contributed by atoms with Gasteiger partial charge in [-0.05, 0) is 50.0 Å². The van der Waals surface area contributed by atoms with E-state index < -0.39 is 10.0 Å². The Balaban J connectivity index is 1.76. The van der Waals surface area contributed by atoms with Crippen LogP contribution in [-0.2, 0) is 16.4 Å². The summed E-state index contributed by atoms with van der Waals surface area (Å²) in [5, 5.41) is 0. The van der Waals surface area contributed by atoms with E-state index in [0.717, 1.165) is 31.5 Å². The fourth-order valence-electron chi connectivity index (χ4n) is 3.32. The molecule has 116 valence electrons. The van der Waals surface area contributed by atoms with Gasteiger partial charge in [0.05, 0.1) is 4.90 Å². The second-order valence-electron chi connectivity index (χ2n) is 5.88. The lowest BCUT2D eigenvalue weighted by atomic mass is 10.2. The molecule has 0 aromatic heterocycles. The predicted molar refractivity (Wildman–Crippen MR) is 82.6 cm³/mol. The molecule has 0 aliphatic carbocycles. The monoisotopic (exact) mass is 309 g/mol. The molecule has 2 aliphatic rings. The van der Waals surface area contributed by atoms with Gasteiger partial charge in [0.2, 0.25) is 10.0 Å². The number of rotatable bonds is 4. The number of hydrogen-bond acceptors (Lipinski definition) is 4. The molecular formula is C15H23N3O2S. The summed E-state index contributed by atoms with van der Waals surface area (Å²) in [7, 11) is -3.36. The number of nitrogens with zero attached hydrogens (tertiary/aromatic N) is 2. The van der Waals surface area contributed by atoms with E-state index in [1.807, 2.05) is 12.1 Å². The van der Waals surface area contributed by atoms with E-state index in [4.69, 9.17) is 5.73 Å². The van der Waals surface area contributed by atoms with Gasteiger partial charge >= 0.3 is 0 Å². The molecule has 0 radical (unpaired) electrons. The highest BCUT2D eigenvalue weighted by Gasteiger charge is 2.36. The van der Waals surface area contributed by atoms with E-state index in [9.17, 15) is 8.42 Å². The summed E-state index contributed by atoms with van der Waals surface area (Å²) in [6.07, 6.45) is 3.08. The Labute approximate surface area is 126 Å². The molecule has 2 N–H and O–H groups in total. The predicted octanol–water partition coefficient (Wildman–Crippen LogP) is 0.657. The van der Waals surface area contributed by atoms with Gasteiger partial charge in [0, 0.05) is 25.7 Å². The first kappa shape index (κ1) is 15.0. The average molecular weight is 309 g/mol. The maximum absolute atomic E-state index is 12.7. The molecule has 21 heavy (non-hydrogen) atoms. The molecule has 2 aliphatic heterocycles. The summed E-state index contributed by atoms with van der Waals surface area (Å²) in [6.45, 7) is 3.79. The van der Waals surface area contributed by atoms with Crippen LogP contribution in [0.5, 0.6) is 0 Å². The Morgan fingerprint density at radius 2 is 1.90 bits per heavy atom. The van der Waals surface area contributed by atoms with Gasteiger partial charge in [0.25, 0.3) is 0 Å². The summed E-state index contributed by atoms with van der Waals surface area (Å²) < 4.78 is 27.1.